The summed E-state index contributed by atoms with van der Waals surface area (Å²) in [6.45, 7) is 0.380. The maximum atomic E-state index is 11.9. The average molecular weight is 246 g/mol. The molecule has 94 valence electrons. The molecule has 1 aromatic carbocycles. The molecule has 1 aromatic rings. The highest BCUT2D eigenvalue weighted by Gasteiger charge is 2.31. The van der Waals surface area contributed by atoms with E-state index in [4.69, 9.17) is 0 Å². The second-order valence-electron chi connectivity index (χ2n) is 4.28. The van der Waals surface area contributed by atoms with Crippen molar-refractivity contribution in [2.24, 2.45) is 0 Å². The highest BCUT2D eigenvalue weighted by Crippen LogP contribution is 2.14. The van der Waals surface area contributed by atoms with E-state index >= 15 is 0 Å². The van der Waals surface area contributed by atoms with Gasteiger partial charge in [0.25, 0.3) is 5.91 Å². The van der Waals surface area contributed by atoms with Crippen LogP contribution >= 0.6 is 0 Å². The first-order chi connectivity index (χ1) is 8.74. The quantitative estimate of drug-likeness (QED) is 0.772. The van der Waals surface area contributed by atoms with Gasteiger partial charge in [0.15, 0.2) is 0 Å². The monoisotopic (exact) mass is 246 g/mol. The summed E-state index contributed by atoms with van der Waals surface area (Å²) in [5, 5.41) is 2.83. The Kier molecular flexibility index (Phi) is 3.72. The number of rotatable bonds is 4. The zero-order valence-electron chi connectivity index (χ0n) is 9.78. The predicted molar refractivity (Wildman–Crippen MR) is 64.9 cm³/mol. The number of hydrogen-bond acceptors (Lipinski definition) is 3. The molecule has 0 aromatic heterocycles. The molecule has 1 fully saturated rings. The molecule has 2 unspecified atom stereocenters. The van der Waals surface area contributed by atoms with Gasteiger partial charge in [-0.25, -0.2) is 0 Å². The van der Waals surface area contributed by atoms with E-state index in [1.165, 1.54) is 4.90 Å². The summed E-state index contributed by atoms with van der Waals surface area (Å²) < 4.78 is 0. The van der Waals surface area contributed by atoms with Gasteiger partial charge >= 0.3 is 0 Å². The average Bonchev–Trinajstić information content (AvgIpc) is 2.81. The molecule has 5 nitrogen and oxygen atoms in total. The van der Waals surface area contributed by atoms with Crippen LogP contribution < -0.4 is 5.32 Å². The topological polar surface area (TPSA) is 66.5 Å². The van der Waals surface area contributed by atoms with Gasteiger partial charge in [0.1, 0.15) is 6.29 Å². The molecular weight excluding hydrogens is 232 g/mol. The minimum absolute atomic E-state index is 0.168. The fourth-order valence-corrected chi connectivity index (χ4v) is 2.11. The first kappa shape index (κ1) is 12.3. The number of hydrogen-bond donors (Lipinski definition) is 1. The Labute approximate surface area is 105 Å². The van der Waals surface area contributed by atoms with Crippen molar-refractivity contribution < 1.29 is 14.4 Å². The summed E-state index contributed by atoms with van der Waals surface area (Å²) >= 11 is 0. The molecule has 1 aliphatic rings. The molecule has 1 aliphatic heterocycles. The smallest absolute Gasteiger partial charge is 0.251 e. The third-order valence-electron chi connectivity index (χ3n) is 3.05. The Hall–Kier alpha value is -2.17. The summed E-state index contributed by atoms with van der Waals surface area (Å²) in [5.41, 5.74) is 0.574. The van der Waals surface area contributed by atoms with Crippen molar-refractivity contribution in [2.75, 3.05) is 6.54 Å². The van der Waals surface area contributed by atoms with E-state index in [-0.39, 0.29) is 11.9 Å². The van der Waals surface area contributed by atoms with Crippen molar-refractivity contribution in [3.05, 3.63) is 35.9 Å². The molecule has 1 heterocycles. The number of aldehydes is 1. The standard InChI is InChI=1S/C13H14N2O3/c16-8-12-6-11(7-15(12)9-17)14-13(18)10-4-2-1-3-5-10/h1-5,8-9,11-12H,6-7H2,(H,14,18). The molecule has 1 saturated heterocycles. The van der Waals surface area contributed by atoms with Crippen LogP contribution in [0.25, 0.3) is 0 Å². The summed E-state index contributed by atoms with van der Waals surface area (Å²) in [7, 11) is 0. The first-order valence-corrected chi connectivity index (χ1v) is 5.77. The highest BCUT2D eigenvalue weighted by molar-refractivity contribution is 5.94. The van der Waals surface area contributed by atoms with Gasteiger partial charge in [0, 0.05) is 18.2 Å². The first-order valence-electron chi connectivity index (χ1n) is 5.77. The van der Waals surface area contributed by atoms with Gasteiger partial charge < -0.3 is 15.0 Å². The van der Waals surface area contributed by atoms with Crippen LogP contribution in [0, 0.1) is 0 Å². The molecule has 2 atom stereocenters. The van der Waals surface area contributed by atoms with Gasteiger partial charge in [-0.3, -0.25) is 9.59 Å². The van der Waals surface area contributed by atoms with Crippen LogP contribution in [0.1, 0.15) is 16.8 Å². The van der Waals surface area contributed by atoms with E-state index in [0.29, 0.717) is 24.9 Å². The molecule has 0 aliphatic carbocycles. The van der Waals surface area contributed by atoms with Crippen molar-refractivity contribution in [3.63, 3.8) is 0 Å². The number of carbonyl (C=O) groups excluding carboxylic acids is 3. The van der Waals surface area contributed by atoms with Crippen molar-refractivity contribution in [1.82, 2.24) is 10.2 Å². The summed E-state index contributed by atoms with van der Waals surface area (Å²) in [5.74, 6) is -0.182. The summed E-state index contributed by atoms with van der Waals surface area (Å²) in [6, 6.07) is 8.26. The molecule has 1 N–H and O–H groups in total. The second-order valence-corrected chi connectivity index (χ2v) is 4.28. The van der Waals surface area contributed by atoms with Gasteiger partial charge in [-0.05, 0) is 18.6 Å². The molecule has 2 rings (SSSR count). The van der Waals surface area contributed by atoms with E-state index in [0.717, 1.165) is 6.29 Å². The molecule has 5 heteroatoms. The van der Waals surface area contributed by atoms with Crippen LogP contribution in [-0.2, 0) is 9.59 Å². The second kappa shape index (κ2) is 5.44. The minimum Gasteiger partial charge on any atom is -0.347 e. The molecule has 0 bridgehead atoms. The van der Waals surface area contributed by atoms with E-state index in [2.05, 4.69) is 5.32 Å². The van der Waals surface area contributed by atoms with Gasteiger partial charge in [-0.1, -0.05) is 18.2 Å². The molecular formula is C13H14N2O3. The zero-order valence-corrected chi connectivity index (χ0v) is 9.78. The van der Waals surface area contributed by atoms with Crippen LogP contribution in [0.3, 0.4) is 0 Å². The lowest BCUT2D eigenvalue weighted by atomic mass is 10.1. The van der Waals surface area contributed by atoms with E-state index in [9.17, 15) is 14.4 Å². The molecule has 0 spiro atoms. The third-order valence-corrected chi connectivity index (χ3v) is 3.05. The minimum atomic E-state index is -0.427. The van der Waals surface area contributed by atoms with Crippen LogP contribution in [0.2, 0.25) is 0 Å². The molecule has 0 saturated carbocycles. The summed E-state index contributed by atoms with van der Waals surface area (Å²) in [6.07, 6.45) is 1.86. The van der Waals surface area contributed by atoms with Crippen LogP contribution in [0.4, 0.5) is 0 Å². The molecule has 18 heavy (non-hydrogen) atoms. The zero-order chi connectivity index (χ0) is 13.0. The van der Waals surface area contributed by atoms with E-state index < -0.39 is 6.04 Å². The predicted octanol–water partition coefficient (Wildman–Crippen LogP) is 0.215. The fraction of sp³-hybridized carbons (Fsp3) is 0.308. The number of likely N-dealkylation sites (tertiary alicyclic amines) is 1. The van der Waals surface area contributed by atoms with Gasteiger partial charge in [-0.15, -0.1) is 0 Å². The fourth-order valence-electron chi connectivity index (χ4n) is 2.11. The number of amides is 2. The lowest BCUT2D eigenvalue weighted by Crippen LogP contribution is -2.36. The van der Waals surface area contributed by atoms with Crippen LogP contribution in [0.15, 0.2) is 30.3 Å². The third kappa shape index (κ3) is 2.56. The van der Waals surface area contributed by atoms with Gasteiger partial charge in [0.05, 0.1) is 6.04 Å². The Morgan fingerprint density at radius 2 is 2.00 bits per heavy atom. The Bertz CT molecular complexity index is 431. The Morgan fingerprint density at radius 3 is 2.56 bits per heavy atom. The maximum Gasteiger partial charge on any atom is 0.251 e. The Balaban J connectivity index is 1.97. The number of benzene rings is 1. The van der Waals surface area contributed by atoms with Crippen molar-refractivity contribution in [3.8, 4) is 0 Å². The number of nitrogens with one attached hydrogen (secondary N) is 1. The van der Waals surface area contributed by atoms with Crippen molar-refractivity contribution >= 4 is 18.6 Å². The van der Waals surface area contributed by atoms with Gasteiger partial charge in [-0.2, -0.15) is 0 Å². The largest absolute Gasteiger partial charge is 0.347 e. The lowest BCUT2D eigenvalue weighted by molar-refractivity contribution is -0.123. The van der Waals surface area contributed by atoms with Gasteiger partial charge in [0.2, 0.25) is 6.41 Å². The SMILES string of the molecule is O=CC1CC(NC(=O)c2ccccc2)CN1C=O. The van der Waals surface area contributed by atoms with E-state index in [1.807, 2.05) is 6.07 Å². The van der Waals surface area contributed by atoms with Crippen molar-refractivity contribution in [1.29, 1.82) is 0 Å². The molecule has 0 radical (unpaired) electrons. The Morgan fingerprint density at radius 1 is 1.28 bits per heavy atom. The molecule has 2 amide bonds. The van der Waals surface area contributed by atoms with Crippen LogP contribution in [-0.4, -0.2) is 42.1 Å². The van der Waals surface area contributed by atoms with Crippen LogP contribution in [0.5, 0.6) is 0 Å². The highest BCUT2D eigenvalue weighted by atomic mass is 16.2. The summed E-state index contributed by atoms with van der Waals surface area (Å²) in [4.78, 5) is 34.8. The number of nitrogens with zero attached hydrogens (tertiary/aromatic N) is 1. The van der Waals surface area contributed by atoms with Crippen molar-refractivity contribution in [2.45, 2.75) is 18.5 Å². The maximum absolute atomic E-state index is 11.9. The normalized spacial score (nSPS) is 22.6. The lowest BCUT2D eigenvalue weighted by Gasteiger charge is -2.13. The number of carbonyl (C=O) groups is 3. The van der Waals surface area contributed by atoms with E-state index in [1.54, 1.807) is 24.3 Å².